The second-order valence-corrected chi connectivity index (χ2v) is 7.43. The van der Waals surface area contributed by atoms with Crippen molar-refractivity contribution in [3.63, 3.8) is 0 Å². The number of carbonyl (C=O) groups is 2. The largest absolute Gasteiger partial charge is 0.331 e. The molecule has 0 aliphatic rings. The van der Waals surface area contributed by atoms with Gasteiger partial charge in [0.2, 0.25) is 11.8 Å². The number of hydrogen-bond acceptors (Lipinski definition) is 4. The molecule has 6 heteroatoms. The predicted octanol–water partition coefficient (Wildman–Crippen LogP) is 4.85. The Bertz CT molecular complexity index is 491. The molecular weight excluding hydrogens is 334 g/mol. The number of nitrogens with zero attached hydrogens (tertiary/aromatic N) is 2. The van der Waals surface area contributed by atoms with Crippen molar-refractivity contribution in [2.75, 3.05) is 11.9 Å². The van der Waals surface area contributed by atoms with Crippen LogP contribution in [0.25, 0.3) is 0 Å². The van der Waals surface area contributed by atoms with E-state index in [0.717, 1.165) is 19.3 Å². The van der Waals surface area contributed by atoms with Gasteiger partial charge in [-0.05, 0) is 19.8 Å². The van der Waals surface area contributed by atoms with Crippen LogP contribution in [0.1, 0.15) is 78.6 Å². The maximum atomic E-state index is 12.5. The van der Waals surface area contributed by atoms with E-state index in [1.807, 2.05) is 19.2 Å². The van der Waals surface area contributed by atoms with Crippen molar-refractivity contribution in [2.45, 2.75) is 84.6 Å². The number of hydrogen-bond donors (Lipinski definition) is 1. The highest BCUT2D eigenvalue weighted by atomic mass is 32.1. The molecule has 0 fully saturated rings. The van der Waals surface area contributed by atoms with Gasteiger partial charge in [-0.15, -0.1) is 11.3 Å². The number of rotatable bonds is 13. The fraction of sp³-hybridized carbons (Fsp3) is 0.737. The van der Waals surface area contributed by atoms with E-state index < -0.39 is 0 Å². The summed E-state index contributed by atoms with van der Waals surface area (Å²) < 4.78 is 0. The van der Waals surface area contributed by atoms with Gasteiger partial charge >= 0.3 is 0 Å². The number of aromatic nitrogens is 1. The molecule has 0 saturated carbocycles. The molecule has 0 aliphatic carbocycles. The topological polar surface area (TPSA) is 62.3 Å². The molecule has 1 atom stereocenters. The van der Waals surface area contributed by atoms with Crippen molar-refractivity contribution in [3.05, 3.63) is 11.6 Å². The van der Waals surface area contributed by atoms with Gasteiger partial charge in [-0.3, -0.25) is 9.59 Å². The summed E-state index contributed by atoms with van der Waals surface area (Å²) in [7, 11) is 0. The lowest BCUT2D eigenvalue weighted by Gasteiger charge is -2.28. The minimum Gasteiger partial charge on any atom is -0.331 e. The van der Waals surface area contributed by atoms with Crippen molar-refractivity contribution in [3.8, 4) is 0 Å². The Kier molecular flexibility index (Phi) is 11.1. The van der Waals surface area contributed by atoms with Crippen LogP contribution < -0.4 is 5.32 Å². The first-order chi connectivity index (χ1) is 12.1. The lowest BCUT2D eigenvalue weighted by Crippen LogP contribution is -2.43. The maximum Gasteiger partial charge on any atom is 0.245 e. The number of thiazole rings is 1. The molecule has 1 aromatic rings. The van der Waals surface area contributed by atoms with E-state index in [2.05, 4.69) is 17.2 Å². The van der Waals surface area contributed by atoms with Crippen molar-refractivity contribution in [1.82, 2.24) is 9.88 Å². The van der Waals surface area contributed by atoms with E-state index in [4.69, 9.17) is 0 Å². The molecule has 25 heavy (non-hydrogen) atoms. The average Bonchev–Trinajstić information content (AvgIpc) is 3.10. The number of amides is 2. The molecule has 1 unspecified atom stereocenters. The van der Waals surface area contributed by atoms with Crippen LogP contribution in [0.4, 0.5) is 5.13 Å². The number of unbranched alkanes of at least 4 members (excludes halogenated alkanes) is 6. The van der Waals surface area contributed by atoms with Crippen molar-refractivity contribution in [2.24, 2.45) is 0 Å². The Morgan fingerprint density at radius 2 is 1.84 bits per heavy atom. The van der Waals surface area contributed by atoms with Crippen LogP contribution in [-0.4, -0.2) is 34.3 Å². The Morgan fingerprint density at radius 1 is 1.16 bits per heavy atom. The molecule has 2 amide bonds. The van der Waals surface area contributed by atoms with Gasteiger partial charge in [-0.25, -0.2) is 4.98 Å². The molecule has 0 aromatic carbocycles. The van der Waals surface area contributed by atoms with Gasteiger partial charge in [0.15, 0.2) is 5.13 Å². The molecule has 142 valence electrons. The molecule has 1 rings (SSSR count). The number of nitrogens with one attached hydrogen (secondary N) is 1. The Morgan fingerprint density at radius 3 is 2.44 bits per heavy atom. The zero-order valence-electron chi connectivity index (χ0n) is 15.9. The zero-order valence-corrected chi connectivity index (χ0v) is 16.7. The quantitative estimate of drug-likeness (QED) is 0.507. The molecule has 5 nitrogen and oxygen atoms in total. The average molecular weight is 368 g/mol. The molecular formula is C19H33N3O2S. The Labute approximate surface area is 156 Å². The van der Waals surface area contributed by atoms with Crippen LogP contribution in [0.5, 0.6) is 0 Å². The van der Waals surface area contributed by atoms with Crippen molar-refractivity contribution in [1.29, 1.82) is 0 Å². The summed E-state index contributed by atoms with van der Waals surface area (Å²) in [6.45, 7) is 6.35. The fourth-order valence-corrected chi connectivity index (χ4v) is 3.23. The highest BCUT2D eigenvalue weighted by Gasteiger charge is 2.21. The SMILES string of the molecule is CCCCCCCCCC(=O)N(CC(=O)Nc1nccs1)C(C)CC. The van der Waals surface area contributed by atoms with Gasteiger partial charge in [-0.2, -0.15) is 0 Å². The van der Waals surface area contributed by atoms with E-state index in [1.165, 1.54) is 43.4 Å². The normalized spacial score (nSPS) is 12.0. The van der Waals surface area contributed by atoms with E-state index >= 15 is 0 Å². The summed E-state index contributed by atoms with van der Waals surface area (Å²) in [5.41, 5.74) is 0. The standard InChI is InChI=1S/C19H33N3O2S/c1-4-6-7-8-9-10-11-12-18(24)22(16(3)5-2)15-17(23)21-19-20-13-14-25-19/h13-14,16H,4-12,15H2,1-3H3,(H,20,21,23). The van der Waals surface area contributed by atoms with E-state index in [1.54, 1.807) is 11.1 Å². The van der Waals surface area contributed by atoms with Crippen LogP contribution in [-0.2, 0) is 9.59 Å². The second kappa shape index (κ2) is 12.9. The number of anilines is 1. The third kappa shape index (κ3) is 9.00. The van der Waals surface area contributed by atoms with Crippen LogP contribution in [0.15, 0.2) is 11.6 Å². The second-order valence-electron chi connectivity index (χ2n) is 6.54. The Balaban J connectivity index is 2.37. The minimum atomic E-state index is -0.178. The summed E-state index contributed by atoms with van der Waals surface area (Å²) in [5, 5.41) is 5.15. The van der Waals surface area contributed by atoms with Crippen LogP contribution in [0.3, 0.4) is 0 Å². The molecule has 0 aliphatic heterocycles. The fourth-order valence-electron chi connectivity index (χ4n) is 2.69. The summed E-state index contributed by atoms with van der Waals surface area (Å²) in [4.78, 5) is 30.5. The molecule has 0 bridgehead atoms. The third-order valence-electron chi connectivity index (χ3n) is 4.43. The molecule has 1 heterocycles. The highest BCUT2D eigenvalue weighted by Crippen LogP contribution is 2.14. The summed E-state index contributed by atoms with van der Waals surface area (Å²) in [5.74, 6) is -0.0969. The maximum absolute atomic E-state index is 12.5. The smallest absolute Gasteiger partial charge is 0.245 e. The van der Waals surface area contributed by atoms with Crippen LogP contribution in [0.2, 0.25) is 0 Å². The van der Waals surface area contributed by atoms with E-state index in [-0.39, 0.29) is 24.4 Å². The zero-order chi connectivity index (χ0) is 18.5. The first-order valence-electron chi connectivity index (χ1n) is 9.57. The highest BCUT2D eigenvalue weighted by molar-refractivity contribution is 7.13. The summed E-state index contributed by atoms with van der Waals surface area (Å²) in [6.07, 6.45) is 11.3. The van der Waals surface area contributed by atoms with Gasteiger partial charge in [-0.1, -0.05) is 52.4 Å². The third-order valence-corrected chi connectivity index (χ3v) is 5.12. The summed E-state index contributed by atoms with van der Waals surface area (Å²) in [6, 6.07) is 0.0686. The molecule has 0 radical (unpaired) electrons. The van der Waals surface area contributed by atoms with Gasteiger partial charge < -0.3 is 10.2 Å². The monoisotopic (exact) mass is 367 g/mol. The molecule has 0 spiro atoms. The van der Waals surface area contributed by atoms with Crippen molar-refractivity contribution >= 4 is 28.3 Å². The molecule has 1 aromatic heterocycles. The van der Waals surface area contributed by atoms with Crippen LogP contribution >= 0.6 is 11.3 Å². The summed E-state index contributed by atoms with van der Waals surface area (Å²) >= 11 is 1.38. The lowest BCUT2D eigenvalue weighted by atomic mass is 10.1. The van der Waals surface area contributed by atoms with Gasteiger partial charge in [0, 0.05) is 24.0 Å². The minimum absolute atomic E-state index is 0.0686. The molecule has 1 N–H and O–H groups in total. The van der Waals surface area contributed by atoms with E-state index in [0.29, 0.717) is 11.6 Å². The first kappa shape index (κ1) is 21.6. The Hall–Kier alpha value is -1.43. The molecule has 0 saturated heterocycles. The van der Waals surface area contributed by atoms with E-state index in [9.17, 15) is 9.59 Å². The van der Waals surface area contributed by atoms with Crippen molar-refractivity contribution < 1.29 is 9.59 Å². The number of carbonyl (C=O) groups excluding carboxylic acids is 2. The van der Waals surface area contributed by atoms with Gasteiger partial charge in [0.25, 0.3) is 0 Å². The first-order valence-corrected chi connectivity index (χ1v) is 10.4. The van der Waals surface area contributed by atoms with Crippen LogP contribution in [0, 0.1) is 0 Å². The van der Waals surface area contributed by atoms with Gasteiger partial charge in [0.1, 0.15) is 6.54 Å². The van der Waals surface area contributed by atoms with Gasteiger partial charge in [0.05, 0.1) is 0 Å². The lowest BCUT2D eigenvalue weighted by molar-refractivity contribution is -0.136. The predicted molar refractivity (Wildman–Crippen MR) is 105 cm³/mol.